The van der Waals surface area contributed by atoms with Crippen molar-refractivity contribution in [1.29, 1.82) is 0 Å². The van der Waals surface area contributed by atoms with Gasteiger partial charge in [-0.25, -0.2) is 4.98 Å². The van der Waals surface area contributed by atoms with Gasteiger partial charge in [0.2, 0.25) is 11.7 Å². The van der Waals surface area contributed by atoms with E-state index in [0.29, 0.717) is 38.6 Å². The SMILES string of the molecule is COCCN1C(=O)CCC[C@H]2CN(C(=O)c3cnco3)CC[C@H]21. The van der Waals surface area contributed by atoms with Gasteiger partial charge in [-0.2, -0.15) is 0 Å². The number of carbonyl (C=O) groups excluding carboxylic acids is 2. The van der Waals surface area contributed by atoms with Crippen molar-refractivity contribution in [2.75, 3.05) is 33.4 Å². The van der Waals surface area contributed by atoms with Crippen molar-refractivity contribution in [3.05, 3.63) is 18.4 Å². The highest BCUT2D eigenvalue weighted by Crippen LogP contribution is 2.31. The van der Waals surface area contributed by atoms with Crippen molar-refractivity contribution in [2.45, 2.75) is 31.7 Å². The molecule has 2 aliphatic rings. The lowest BCUT2D eigenvalue weighted by Crippen LogP contribution is -2.53. The molecule has 0 aliphatic carbocycles. The van der Waals surface area contributed by atoms with E-state index in [2.05, 4.69) is 4.98 Å². The maximum absolute atomic E-state index is 12.4. The monoisotopic (exact) mass is 321 g/mol. The number of fused-ring (bicyclic) bond motifs is 1. The molecule has 1 aromatic rings. The predicted molar refractivity (Wildman–Crippen MR) is 81.7 cm³/mol. The van der Waals surface area contributed by atoms with E-state index in [1.807, 2.05) is 9.80 Å². The number of rotatable bonds is 4. The lowest BCUT2D eigenvalue weighted by Gasteiger charge is -2.42. The van der Waals surface area contributed by atoms with Gasteiger partial charge >= 0.3 is 0 Å². The van der Waals surface area contributed by atoms with Gasteiger partial charge in [0.05, 0.1) is 12.8 Å². The van der Waals surface area contributed by atoms with Gasteiger partial charge in [0.15, 0.2) is 6.39 Å². The first kappa shape index (κ1) is 16.0. The Morgan fingerprint density at radius 1 is 1.48 bits per heavy atom. The molecule has 2 aliphatic heterocycles. The first-order chi connectivity index (χ1) is 11.2. The normalized spacial score (nSPS) is 25.2. The lowest BCUT2D eigenvalue weighted by molar-refractivity contribution is -0.135. The average Bonchev–Trinajstić information content (AvgIpc) is 3.04. The van der Waals surface area contributed by atoms with Crippen LogP contribution in [-0.4, -0.2) is 66.0 Å². The Bertz CT molecular complexity index is 546. The van der Waals surface area contributed by atoms with E-state index in [9.17, 15) is 9.59 Å². The number of carbonyl (C=O) groups is 2. The van der Waals surface area contributed by atoms with Gasteiger partial charge < -0.3 is 19.0 Å². The number of ether oxygens (including phenoxy) is 1. The highest BCUT2D eigenvalue weighted by molar-refractivity contribution is 5.91. The number of oxazole rings is 1. The molecule has 2 amide bonds. The van der Waals surface area contributed by atoms with Gasteiger partial charge in [-0.3, -0.25) is 9.59 Å². The van der Waals surface area contributed by atoms with Crippen LogP contribution in [0.3, 0.4) is 0 Å². The fraction of sp³-hybridized carbons (Fsp3) is 0.688. The van der Waals surface area contributed by atoms with Crippen LogP contribution in [0, 0.1) is 5.92 Å². The largest absolute Gasteiger partial charge is 0.438 e. The fourth-order valence-corrected chi connectivity index (χ4v) is 3.70. The highest BCUT2D eigenvalue weighted by Gasteiger charge is 2.38. The third kappa shape index (κ3) is 3.39. The summed E-state index contributed by atoms with van der Waals surface area (Å²) in [6.45, 7) is 2.49. The summed E-state index contributed by atoms with van der Waals surface area (Å²) in [5, 5.41) is 0. The van der Waals surface area contributed by atoms with Crippen LogP contribution < -0.4 is 0 Å². The number of aromatic nitrogens is 1. The predicted octanol–water partition coefficient (Wildman–Crippen LogP) is 1.16. The molecule has 3 rings (SSSR count). The van der Waals surface area contributed by atoms with Crippen molar-refractivity contribution >= 4 is 11.8 Å². The zero-order valence-corrected chi connectivity index (χ0v) is 13.4. The van der Waals surface area contributed by atoms with Crippen LogP contribution in [-0.2, 0) is 9.53 Å². The molecule has 1 aromatic heterocycles. The molecule has 0 spiro atoms. The van der Waals surface area contributed by atoms with E-state index in [4.69, 9.17) is 9.15 Å². The highest BCUT2D eigenvalue weighted by atomic mass is 16.5. The van der Waals surface area contributed by atoms with Gasteiger partial charge in [-0.1, -0.05) is 0 Å². The summed E-state index contributed by atoms with van der Waals surface area (Å²) in [5.74, 6) is 0.702. The van der Waals surface area contributed by atoms with Crippen molar-refractivity contribution in [2.24, 2.45) is 5.92 Å². The molecular weight excluding hydrogens is 298 g/mol. The molecule has 0 radical (unpaired) electrons. The van der Waals surface area contributed by atoms with Gasteiger partial charge in [0.25, 0.3) is 5.91 Å². The smallest absolute Gasteiger partial charge is 0.291 e. The minimum atomic E-state index is -0.111. The molecular formula is C16H23N3O4. The Labute approximate surface area is 135 Å². The molecule has 3 heterocycles. The number of methoxy groups -OCH3 is 1. The Morgan fingerprint density at radius 3 is 3.09 bits per heavy atom. The molecule has 2 saturated heterocycles. The molecule has 0 aromatic carbocycles. The number of hydrogen-bond donors (Lipinski definition) is 0. The molecule has 0 bridgehead atoms. The maximum Gasteiger partial charge on any atom is 0.291 e. The van der Waals surface area contributed by atoms with E-state index in [1.165, 1.54) is 12.6 Å². The second-order valence-electron chi connectivity index (χ2n) is 6.21. The third-order valence-electron chi connectivity index (χ3n) is 4.85. The van der Waals surface area contributed by atoms with E-state index in [0.717, 1.165) is 19.3 Å². The Kier molecular flexibility index (Phi) is 4.95. The molecule has 126 valence electrons. The first-order valence-electron chi connectivity index (χ1n) is 8.17. The molecule has 2 fully saturated rings. The minimum Gasteiger partial charge on any atom is -0.438 e. The van der Waals surface area contributed by atoms with Crippen molar-refractivity contribution in [1.82, 2.24) is 14.8 Å². The zero-order chi connectivity index (χ0) is 16.2. The van der Waals surface area contributed by atoms with Crippen LogP contribution in [0.4, 0.5) is 0 Å². The summed E-state index contributed by atoms with van der Waals surface area (Å²) in [6, 6.07) is 0.207. The number of hydrogen-bond acceptors (Lipinski definition) is 5. The molecule has 7 nitrogen and oxygen atoms in total. The Balaban J connectivity index is 1.70. The molecule has 2 atom stereocenters. The summed E-state index contributed by atoms with van der Waals surface area (Å²) in [5.41, 5.74) is 0. The third-order valence-corrected chi connectivity index (χ3v) is 4.85. The first-order valence-corrected chi connectivity index (χ1v) is 8.17. The van der Waals surface area contributed by atoms with Crippen LogP contribution in [0.25, 0.3) is 0 Å². The average molecular weight is 321 g/mol. The van der Waals surface area contributed by atoms with Gasteiger partial charge in [-0.05, 0) is 25.2 Å². The number of piperidine rings is 1. The molecule has 0 N–H and O–H groups in total. The van der Waals surface area contributed by atoms with Crippen molar-refractivity contribution in [3.8, 4) is 0 Å². The number of likely N-dealkylation sites (tertiary alicyclic amines) is 2. The van der Waals surface area contributed by atoms with Crippen LogP contribution in [0.5, 0.6) is 0 Å². The zero-order valence-electron chi connectivity index (χ0n) is 13.4. The Hall–Kier alpha value is -1.89. The van der Waals surface area contributed by atoms with Crippen molar-refractivity contribution < 1.29 is 18.7 Å². The van der Waals surface area contributed by atoms with Crippen LogP contribution >= 0.6 is 0 Å². The second kappa shape index (κ2) is 7.12. The fourth-order valence-electron chi connectivity index (χ4n) is 3.70. The van der Waals surface area contributed by atoms with Crippen LogP contribution in [0.15, 0.2) is 17.0 Å². The second-order valence-corrected chi connectivity index (χ2v) is 6.21. The standard InChI is InChI=1S/C16H23N3O4/c1-22-8-7-19-13-5-6-18(16(21)14-9-17-11-23-14)10-12(13)3-2-4-15(19)20/h9,11-13H,2-8,10H2,1H3/t12-,13+/m0/s1. The number of nitrogens with zero attached hydrogens (tertiary/aromatic N) is 3. The maximum atomic E-state index is 12.4. The van der Waals surface area contributed by atoms with Gasteiger partial charge in [0.1, 0.15) is 0 Å². The molecule has 0 unspecified atom stereocenters. The Morgan fingerprint density at radius 2 is 2.35 bits per heavy atom. The summed E-state index contributed by atoms with van der Waals surface area (Å²) in [4.78, 5) is 32.4. The minimum absolute atomic E-state index is 0.111. The molecule has 7 heteroatoms. The van der Waals surface area contributed by atoms with Crippen LogP contribution in [0.1, 0.15) is 36.2 Å². The van der Waals surface area contributed by atoms with E-state index >= 15 is 0 Å². The summed E-state index contributed by atoms with van der Waals surface area (Å²) in [6.07, 6.45) is 5.98. The number of amides is 2. The summed E-state index contributed by atoms with van der Waals surface area (Å²) in [7, 11) is 1.65. The van der Waals surface area contributed by atoms with Gasteiger partial charge in [0, 0.05) is 39.2 Å². The summed E-state index contributed by atoms with van der Waals surface area (Å²) < 4.78 is 10.3. The van der Waals surface area contributed by atoms with Crippen LogP contribution in [0.2, 0.25) is 0 Å². The molecule has 23 heavy (non-hydrogen) atoms. The quantitative estimate of drug-likeness (QED) is 0.832. The lowest BCUT2D eigenvalue weighted by atomic mass is 9.88. The van der Waals surface area contributed by atoms with Crippen molar-refractivity contribution in [3.63, 3.8) is 0 Å². The van der Waals surface area contributed by atoms with E-state index in [1.54, 1.807) is 7.11 Å². The van der Waals surface area contributed by atoms with Gasteiger partial charge in [-0.15, -0.1) is 0 Å². The van der Waals surface area contributed by atoms with E-state index < -0.39 is 0 Å². The summed E-state index contributed by atoms with van der Waals surface area (Å²) >= 11 is 0. The molecule has 0 saturated carbocycles. The van der Waals surface area contributed by atoms with E-state index in [-0.39, 0.29) is 23.6 Å². The topological polar surface area (TPSA) is 75.9 Å².